The number of hydrogen-bond donors (Lipinski definition) is 1. The van der Waals surface area contributed by atoms with E-state index in [2.05, 4.69) is 15.4 Å². The quantitative estimate of drug-likeness (QED) is 0.439. The summed E-state index contributed by atoms with van der Waals surface area (Å²) in [6, 6.07) is 28.3. The third kappa shape index (κ3) is 3.71. The molecular weight excluding hydrogens is 428 g/mol. The normalized spacial score (nSPS) is 10.9. The zero-order valence-corrected chi connectivity index (χ0v) is 18.7. The molecule has 0 aliphatic carbocycles. The van der Waals surface area contributed by atoms with Crippen molar-refractivity contribution in [2.45, 2.75) is 6.92 Å². The minimum absolute atomic E-state index is 0.0309. The lowest BCUT2D eigenvalue weighted by molar-refractivity contribution is 0.101. The van der Waals surface area contributed by atoms with Crippen molar-refractivity contribution in [2.24, 2.45) is 7.05 Å². The molecular formula is C26H22N6O2. The number of nitrogens with one attached hydrogen (secondary N) is 1. The highest BCUT2D eigenvalue weighted by Crippen LogP contribution is 2.22. The summed E-state index contributed by atoms with van der Waals surface area (Å²) in [5.74, 6) is -0.0575. The highest BCUT2D eigenvalue weighted by atomic mass is 16.2. The van der Waals surface area contributed by atoms with Gasteiger partial charge in [-0.1, -0.05) is 66.7 Å². The number of rotatable bonds is 5. The lowest BCUT2D eigenvalue weighted by Crippen LogP contribution is -2.23. The van der Waals surface area contributed by atoms with E-state index in [1.807, 2.05) is 91.0 Å². The monoisotopic (exact) mass is 450 g/mol. The molecule has 0 saturated carbocycles. The predicted octanol–water partition coefficient (Wildman–Crippen LogP) is 3.98. The van der Waals surface area contributed by atoms with Crippen LogP contribution >= 0.6 is 0 Å². The molecule has 0 bridgehead atoms. The lowest BCUT2D eigenvalue weighted by Gasteiger charge is -2.07. The Hall–Kier alpha value is -4.72. The summed E-state index contributed by atoms with van der Waals surface area (Å²) in [5.41, 5.74) is 2.78. The maximum absolute atomic E-state index is 13.2. The summed E-state index contributed by atoms with van der Waals surface area (Å²) in [7, 11) is 1.77. The third-order valence-electron chi connectivity index (χ3n) is 5.64. The molecule has 168 valence electrons. The molecule has 0 unspecified atom stereocenters. The third-order valence-corrected chi connectivity index (χ3v) is 5.64. The SMILES string of the molecule is Cc1c(NC(=O)c2nc(-c3ccccc3)n(-c3ccccc3)n2)c(=O)n(-c2ccccc2)n1C. The Balaban J connectivity index is 1.55. The van der Waals surface area contributed by atoms with Gasteiger partial charge >= 0.3 is 0 Å². The van der Waals surface area contributed by atoms with Gasteiger partial charge in [0.15, 0.2) is 5.82 Å². The second kappa shape index (κ2) is 8.67. The topological polar surface area (TPSA) is 86.7 Å². The first kappa shape index (κ1) is 21.1. The van der Waals surface area contributed by atoms with E-state index in [0.29, 0.717) is 17.2 Å². The summed E-state index contributed by atoms with van der Waals surface area (Å²) in [6.45, 7) is 1.78. The van der Waals surface area contributed by atoms with Gasteiger partial charge < -0.3 is 5.32 Å². The molecule has 0 saturated heterocycles. The van der Waals surface area contributed by atoms with Crippen LogP contribution in [0.3, 0.4) is 0 Å². The van der Waals surface area contributed by atoms with E-state index in [1.165, 1.54) is 4.68 Å². The van der Waals surface area contributed by atoms with Gasteiger partial charge in [0.05, 0.1) is 17.1 Å². The van der Waals surface area contributed by atoms with Crippen LogP contribution < -0.4 is 10.9 Å². The van der Waals surface area contributed by atoms with E-state index in [4.69, 9.17) is 0 Å². The van der Waals surface area contributed by atoms with Crippen molar-refractivity contribution >= 4 is 11.6 Å². The van der Waals surface area contributed by atoms with Gasteiger partial charge in [-0.3, -0.25) is 14.3 Å². The van der Waals surface area contributed by atoms with Crippen molar-refractivity contribution in [3.8, 4) is 22.8 Å². The van der Waals surface area contributed by atoms with E-state index in [1.54, 1.807) is 23.3 Å². The van der Waals surface area contributed by atoms with E-state index in [0.717, 1.165) is 11.3 Å². The largest absolute Gasteiger partial charge is 0.313 e. The smallest absolute Gasteiger partial charge is 0.295 e. The van der Waals surface area contributed by atoms with Crippen molar-refractivity contribution in [1.29, 1.82) is 0 Å². The molecule has 2 aromatic heterocycles. The number of carbonyl (C=O) groups is 1. The van der Waals surface area contributed by atoms with Crippen LogP contribution in [0.2, 0.25) is 0 Å². The molecule has 1 amide bonds. The minimum Gasteiger partial charge on any atom is -0.313 e. The molecule has 0 fully saturated rings. The first-order valence-electron chi connectivity index (χ1n) is 10.8. The first-order chi connectivity index (χ1) is 16.5. The highest BCUT2D eigenvalue weighted by molar-refractivity contribution is 6.02. The van der Waals surface area contributed by atoms with Crippen LogP contribution in [0.4, 0.5) is 5.69 Å². The van der Waals surface area contributed by atoms with Crippen LogP contribution in [-0.4, -0.2) is 30.0 Å². The molecule has 8 heteroatoms. The Morgan fingerprint density at radius 3 is 2.00 bits per heavy atom. The van der Waals surface area contributed by atoms with Gasteiger partial charge in [-0.2, -0.15) is 0 Å². The van der Waals surface area contributed by atoms with Gasteiger partial charge in [-0.15, -0.1) is 5.10 Å². The molecule has 0 atom stereocenters. The Morgan fingerprint density at radius 2 is 1.38 bits per heavy atom. The van der Waals surface area contributed by atoms with Gasteiger partial charge in [0, 0.05) is 12.6 Å². The van der Waals surface area contributed by atoms with E-state index in [-0.39, 0.29) is 17.1 Å². The Kier molecular flexibility index (Phi) is 5.39. The summed E-state index contributed by atoms with van der Waals surface area (Å²) >= 11 is 0. The summed E-state index contributed by atoms with van der Waals surface area (Å²) in [6.07, 6.45) is 0. The van der Waals surface area contributed by atoms with Crippen molar-refractivity contribution in [3.05, 3.63) is 113 Å². The molecule has 0 radical (unpaired) electrons. The number of hydrogen-bond acceptors (Lipinski definition) is 4. The van der Waals surface area contributed by atoms with E-state index < -0.39 is 5.91 Å². The average Bonchev–Trinajstić information content (AvgIpc) is 3.42. The lowest BCUT2D eigenvalue weighted by atomic mass is 10.2. The fourth-order valence-electron chi connectivity index (χ4n) is 3.81. The predicted molar refractivity (Wildman–Crippen MR) is 130 cm³/mol. The molecule has 1 N–H and O–H groups in total. The fourth-order valence-corrected chi connectivity index (χ4v) is 3.81. The number of carbonyl (C=O) groups excluding carboxylic acids is 1. The van der Waals surface area contributed by atoms with Crippen molar-refractivity contribution in [2.75, 3.05) is 5.32 Å². The molecule has 2 heterocycles. The second-order valence-electron chi connectivity index (χ2n) is 7.76. The van der Waals surface area contributed by atoms with E-state index >= 15 is 0 Å². The maximum Gasteiger partial charge on any atom is 0.295 e. The fraction of sp³-hybridized carbons (Fsp3) is 0.0769. The zero-order valence-electron chi connectivity index (χ0n) is 18.7. The highest BCUT2D eigenvalue weighted by Gasteiger charge is 2.23. The Morgan fingerprint density at radius 1 is 0.824 bits per heavy atom. The van der Waals surface area contributed by atoms with Crippen LogP contribution in [-0.2, 0) is 7.05 Å². The molecule has 0 aliphatic heterocycles. The number of aromatic nitrogens is 5. The van der Waals surface area contributed by atoms with Crippen molar-refractivity contribution < 1.29 is 4.79 Å². The summed E-state index contributed by atoms with van der Waals surface area (Å²) < 4.78 is 4.85. The van der Waals surface area contributed by atoms with E-state index in [9.17, 15) is 9.59 Å². The van der Waals surface area contributed by atoms with Crippen LogP contribution in [0.15, 0.2) is 95.8 Å². The number of anilines is 1. The summed E-state index contributed by atoms with van der Waals surface area (Å²) in [5, 5.41) is 7.22. The molecule has 34 heavy (non-hydrogen) atoms. The maximum atomic E-state index is 13.2. The van der Waals surface area contributed by atoms with Gasteiger partial charge in [0.25, 0.3) is 11.5 Å². The Labute approximate surface area is 195 Å². The summed E-state index contributed by atoms with van der Waals surface area (Å²) in [4.78, 5) is 30.9. The van der Waals surface area contributed by atoms with Crippen LogP contribution in [0.25, 0.3) is 22.8 Å². The Bertz CT molecular complexity index is 1460. The molecule has 5 rings (SSSR count). The number of amides is 1. The first-order valence-corrected chi connectivity index (χ1v) is 10.8. The van der Waals surface area contributed by atoms with Gasteiger partial charge in [0.1, 0.15) is 5.69 Å². The van der Waals surface area contributed by atoms with Crippen LogP contribution in [0.1, 0.15) is 16.3 Å². The van der Waals surface area contributed by atoms with Crippen molar-refractivity contribution in [3.63, 3.8) is 0 Å². The second-order valence-corrected chi connectivity index (χ2v) is 7.76. The number of nitrogens with zero attached hydrogens (tertiary/aromatic N) is 5. The van der Waals surface area contributed by atoms with Crippen LogP contribution in [0.5, 0.6) is 0 Å². The molecule has 8 nitrogen and oxygen atoms in total. The average molecular weight is 451 g/mol. The molecule has 5 aromatic rings. The van der Waals surface area contributed by atoms with Crippen LogP contribution in [0, 0.1) is 6.92 Å². The number of para-hydroxylation sites is 2. The van der Waals surface area contributed by atoms with Gasteiger partial charge in [-0.25, -0.2) is 14.3 Å². The van der Waals surface area contributed by atoms with Crippen molar-refractivity contribution in [1.82, 2.24) is 24.1 Å². The standard InChI is InChI=1S/C26H22N6O2/c1-18-22(26(34)32(30(18)2)21-16-10-5-11-17-21)27-25(33)23-28-24(19-12-6-3-7-13-19)31(29-23)20-14-8-4-9-15-20/h3-17H,1-2H3,(H,27,33). The molecule has 3 aromatic carbocycles. The molecule has 0 aliphatic rings. The minimum atomic E-state index is -0.558. The zero-order chi connectivity index (χ0) is 23.7. The number of benzene rings is 3. The van der Waals surface area contributed by atoms with Gasteiger partial charge in [-0.05, 0) is 31.2 Å². The van der Waals surface area contributed by atoms with Gasteiger partial charge in [0.2, 0.25) is 5.82 Å². The molecule has 0 spiro atoms.